The number of hydrogen-bond acceptors (Lipinski definition) is 6. The molecular formula is C10H22N2O8. The lowest BCUT2D eigenvalue weighted by atomic mass is 10.6. The maximum atomic E-state index is 9.92. The van der Waals surface area contributed by atoms with Gasteiger partial charge in [-0.2, -0.15) is 0 Å². The van der Waals surface area contributed by atoms with Crippen LogP contribution in [-0.2, 0) is 9.47 Å². The number of aliphatic hydroxyl groups excluding tert-OH is 2. The van der Waals surface area contributed by atoms with E-state index in [2.05, 4.69) is 15.4 Å². The highest BCUT2D eigenvalue weighted by molar-refractivity contribution is 5.64. The number of carboxylic acid groups (broad SMARTS) is 2. The minimum absolute atomic E-state index is 0.0278. The highest BCUT2D eigenvalue weighted by Gasteiger charge is 1.94. The van der Waals surface area contributed by atoms with Crippen LogP contribution in [0.2, 0.25) is 0 Å². The van der Waals surface area contributed by atoms with Crippen LogP contribution < -0.4 is 10.6 Å². The van der Waals surface area contributed by atoms with E-state index in [-0.39, 0.29) is 39.5 Å². The normalized spacial score (nSPS) is 9.30. The quantitative estimate of drug-likeness (QED) is 0.267. The Morgan fingerprint density at radius 1 is 0.750 bits per heavy atom. The minimum Gasteiger partial charge on any atom is -0.465 e. The number of rotatable bonds is 10. The molecule has 10 heteroatoms. The van der Waals surface area contributed by atoms with Gasteiger partial charge in [-0.3, -0.25) is 0 Å². The third-order valence-corrected chi connectivity index (χ3v) is 1.52. The number of ether oxygens (including phenoxy) is 2. The van der Waals surface area contributed by atoms with Crippen molar-refractivity contribution in [3.05, 3.63) is 0 Å². The van der Waals surface area contributed by atoms with Gasteiger partial charge in [-0.15, -0.1) is 0 Å². The van der Waals surface area contributed by atoms with Gasteiger partial charge in [-0.05, 0) is 0 Å². The Hall–Kier alpha value is -1.62. The molecular weight excluding hydrogens is 276 g/mol. The lowest BCUT2D eigenvalue weighted by Crippen LogP contribution is -2.28. The molecule has 6 N–H and O–H groups in total. The maximum Gasteiger partial charge on any atom is 0.404 e. The zero-order chi connectivity index (χ0) is 15.6. The first kappa shape index (κ1) is 20.7. The average Bonchev–Trinajstić information content (AvgIpc) is 2.38. The SMILES string of the molecule is O=C(O)NCCOCCNC(=O)O.OCCOCCO. The first-order chi connectivity index (χ1) is 9.54. The van der Waals surface area contributed by atoms with Crippen LogP contribution in [0.5, 0.6) is 0 Å². The molecule has 0 aromatic rings. The maximum absolute atomic E-state index is 9.92. The molecule has 0 heterocycles. The minimum atomic E-state index is -1.10. The smallest absolute Gasteiger partial charge is 0.404 e. The molecule has 0 aromatic heterocycles. The largest absolute Gasteiger partial charge is 0.465 e. The van der Waals surface area contributed by atoms with E-state index in [1.54, 1.807) is 0 Å². The van der Waals surface area contributed by atoms with Gasteiger partial charge in [-0.25, -0.2) is 9.59 Å². The lowest BCUT2D eigenvalue weighted by Gasteiger charge is -2.03. The average molecular weight is 298 g/mol. The molecule has 0 bridgehead atoms. The molecule has 20 heavy (non-hydrogen) atoms. The number of hydrogen-bond donors (Lipinski definition) is 6. The fraction of sp³-hybridized carbons (Fsp3) is 0.800. The van der Waals surface area contributed by atoms with Crippen LogP contribution in [0.25, 0.3) is 0 Å². The van der Waals surface area contributed by atoms with E-state index in [9.17, 15) is 9.59 Å². The Labute approximate surface area is 116 Å². The van der Waals surface area contributed by atoms with Gasteiger partial charge in [0, 0.05) is 13.1 Å². The summed E-state index contributed by atoms with van der Waals surface area (Å²) in [4.78, 5) is 19.8. The van der Waals surface area contributed by atoms with E-state index >= 15 is 0 Å². The summed E-state index contributed by atoms with van der Waals surface area (Å²) in [5.74, 6) is 0. The van der Waals surface area contributed by atoms with E-state index in [1.165, 1.54) is 0 Å². The van der Waals surface area contributed by atoms with Crippen molar-refractivity contribution in [2.75, 3.05) is 52.7 Å². The van der Waals surface area contributed by atoms with Crippen molar-refractivity contribution in [3.63, 3.8) is 0 Å². The van der Waals surface area contributed by atoms with Gasteiger partial charge in [0.2, 0.25) is 0 Å². The fourth-order valence-corrected chi connectivity index (χ4v) is 0.793. The summed E-state index contributed by atoms with van der Waals surface area (Å²) in [5.41, 5.74) is 0. The Morgan fingerprint density at radius 2 is 1.10 bits per heavy atom. The zero-order valence-electron chi connectivity index (χ0n) is 11.1. The van der Waals surface area contributed by atoms with Crippen LogP contribution in [0.1, 0.15) is 0 Å². The second-order valence-electron chi connectivity index (χ2n) is 3.14. The monoisotopic (exact) mass is 298 g/mol. The van der Waals surface area contributed by atoms with Gasteiger partial charge in [0.05, 0.1) is 39.6 Å². The van der Waals surface area contributed by atoms with Crippen molar-refractivity contribution in [3.8, 4) is 0 Å². The summed E-state index contributed by atoms with van der Waals surface area (Å²) in [7, 11) is 0. The summed E-state index contributed by atoms with van der Waals surface area (Å²) < 4.78 is 9.51. The fourth-order valence-electron chi connectivity index (χ4n) is 0.793. The second kappa shape index (κ2) is 17.4. The third kappa shape index (κ3) is 25.3. The molecule has 0 saturated heterocycles. The van der Waals surface area contributed by atoms with E-state index in [0.29, 0.717) is 13.2 Å². The Kier molecular flexibility index (Phi) is 18.0. The summed E-state index contributed by atoms with van der Waals surface area (Å²) >= 11 is 0. The van der Waals surface area contributed by atoms with Crippen LogP contribution in [0.4, 0.5) is 9.59 Å². The number of amides is 2. The highest BCUT2D eigenvalue weighted by Crippen LogP contribution is 1.72. The molecule has 2 amide bonds. The molecule has 0 spiro atoms. The first-order valence-electron chi connectivity index (χ1n) is 5.85. The highest BCUT2D eigenvalue weighted by atomic mass is 16.5. The number of aliphatic hydroxyl groups is 2. The second-order valence-corrected chi connectivity index (χ2v) is 3.14. The van der Waals surface area contributed by atoms with Crippen molar-refractivity contribution in [1.82, 2.24) is 10.6 Å². The molecule has 0 aromatic carbocycles. The molecule has 0 aliphatic heterocycles. The van der Waals surface area contributed by atoms with Gasteiger partial charge in [0.25, 0.3) is 0 Å². The van der Waals surface area contributed by atoms with E-state index in [1.807, 2.05) is 0 Å². The van der Waals surface area contributed by atoms with Crippen LogP contribution >= 0.6 is 0 Å². The number of carbonyl (C=O) groups is 2. The van der Waals surface area contributed by atoms with Crippen LogP contribution in [0.15, 0.2) is 0 Å². The van der Waals surface area contributed by atoms with Crippen LogP contribution in [0.3, 0.4) is 0 Å². The topological polar surface area (TPSA) is 158 Å². The molecule has 120 valence electrons. The van der Waals surface area contributed by atoms with Crippen LogP contribution in [-0.4, -0.2) is 85.3 Å². The van der Waals surface area contributed by atoms with Crippen LogP contribution in [0, 0.1) is 0 Å². The zero-order valence-corrected chi connectivity index (χ0v) is 11.1. The van der Waals surface area contributed by atoms with Gasteiger partial charge < -0.3 is 40.5 Å². The molecule has 0 saturated carbocycles. The Bertz CT molecular complexity index is 217. The Morgan fingerprint density at radius 3 is 1.40 bits per heavy atom. The third-order valence-electron chi connectivity index (χ3n) is 1.52. The van der Waals surface area contributed by atoms with Gasteiger partial charge in [-0.1, -0.05) is 0 Å². The number of nitrogens with one attached hydrogen (secondary N) is 2. The molecule has 0 radical (unpaired) electrons. The lowest BCUT2D eigenvalue weighted by molar-refractivity contribution is 0.0650. The summed E-state index contributed by atoms with van der Waals surface area (Å²) in [6, 6.07) is 0. The molecule has 0 fully saturated rings. The predicted octanol–water partition coefficient (Wildman–Crippen LogP) is -1.47. The molecule has 0 aliphatic rings. The predicted molar refractivity (Wildman–Crippen MR) is 67.9 cm³/mol. The van der Waals surface area contributed by atoms with Gasteiger partial charge in [0.15, 0.2) is 0 Å². The van der Waals surface area contributed by atoms with Gasteiger partial charge in [0.1, 0.15) is 0 Å². The summed E-state index contributed by atoms with van der Waals surface area (Å²) in [5, 5.41) is 36.6. The van der Waals surface area contributed by atoms with Crippen molar-refractivity contribution >= 4 is 12.2 Å². The molecule has 10 nitrogen and oxygen atoms in total. The molecule has 0 atom stereocenters. The summed E-state index contributed by atoms with van der Waals surface area (Å²) in [6.45, 7) is 1.55. The van der Waals surface area contributed by atoms with Crippen molar-refractivity contribution in [2.45, 2.75) is 0 Å². The molecule has 0 unspecified atom stereocenters. The standard InChI is InChI=1S/C6H12N2O5.C4H10O3/c9-5(10)7-1-3-13-4-2-8-6(11)12;5-1-3-7-4-2-6/h7-8H,1-4H2,(H,9,10)(H,11,12);5-6H,1-4H2. The van der Waals surface area contributed by atoms with E-state index < -0.39 is 12.2 Å². The Balaban J connectivity index is 0. The van der Waals surface area contributed by atoms with Crippen molar-refractivity contribution in [1.29, 1.82) is 0 Å². The van der Waals surface area contributed by atoms with E-state index in [4.69, 9.17) is 25.2 Å². The van der Waals surface area contributed by atoms with Crippen molar-refractivity contribution < 1.29 is 39.5 Å². The van der Waals surface area contributed by atoms with E-state index in [0.717, 1.165) is 0 Å². The molecule has 0 rings (SSSR count). The summed E-state index contributed by atoms with van der Waals surface area (Å²) in [6.07, 6.45) is -2.21. The van der Waals surface area contributed by atoms with Crippen molar-refractivity contribution in [2.24, 2.45) is 0 Å². The first-order valence-corrected chi connectivity index (χ1v) is 5.85. The van der Waals surface area contributed by atoms with Gasteiger partial charge >= 0.3 is 12.2 Å². The molecule has 0 aliphatic carbocycles.